The van der Waals surface area contributed by atoms with Gasteiger partial charge in [0.15, 0.2) is 5.11 Å². The lowest BCUT2D eigenvalue weighted by Crippen LogP contribution is -2.34. The van der Waals surface area contributed by atoms with E-state index in [1.165, 1.54) is 0 Å². The van der Waals surface area contributed by atoms with Crippen molar-refractivity contribution in [2.24, 2.45) is 0 Å². The highest BCUT2D eigenvalue weighted by Crippen LogP contribution is 2.29. The van der Waals surface area contributed by atoms with E-state index in [2.05, 4.69) is 10.6 Å². The summed E-state index contributed by atoms with van der Waals surface area (Å²) in [7, 11) is 0. The van der Waals surface area contributed by atoms with Crippen LogP contribution in [-0.4, -0.2) is 22.8 Å². The molecule has 0 atom stereocenters. The zero-order valence-corrected chi connectivity index (χ0v) is 17.0. The minimum atomic E-state index is -0.449. The maximum atomic E-state index is 12.7. The molecule has 3 amide bonds. The van der Waals surface area contributed by atoms with Crippen LogP contribution in [0.1, 0.15) is 31.1 Å². The van der Waals surface area contributed by atoms with Gasteiger partial charge in [-0.15, -0.1) is 0 Å². The van der Waals surface area contributed by atoms with Crippen LogP contribution >= 0.6 is 23.8 Å². The fourth-order valence-corrected chi connectivity index (χ4v) is 3.56. The minimum absolute atomic E-state index is 0.0550. The van der Waals surface area contributed by atoms with Gasteiger partial charge in [0.05, 0.1) is 27.4 Å². The molecule has 0 spiro atoms. The molecule has 2 N–H and O–H groups in total. The second-order valence-corrected chi connectivity index (χ2v) is 7.25. The fourth-order valence-electron chi connectivity index (χ4n) is 3.12. The van der Waals surface area contributed by atoms with Gasteiger partial charge >= 0.3 is 0 Å². The number of nitrogens with one attached hydrogen (secondary N) is 2. The summed E-state index contributed by atoms with van der Waals surface area (Å²) < 4.78 is 0. The molecule has 1 heterocycles. The van der Waals surface area contributed by atoms with Crippen molar-refractivity contribution in [2.45, 2.75) is 0 Å². The first kappa shape index (κ1) is 19.8. The number of benzene rings is 3. The van der Waals surface area contributed by atoms with Gasteiger partial charge in [-0.25, -0.2) is 4.90 Å². The maximum absolute atomic E-state index is 12.7. The quantitative estimate of drug-likeness (QED) is 0.474. The van der Waals surface area contributed by atoms with Crippen molar-refractivity contribution >= 4 is 58.0 Å². The molecule has 0 bridgehead atoms. The Morgan fingerprint density at radius 1 is 0.867 bits per heavy atom. The molecule has 0 radical (unpaired) electrons. The van der Waals surface area contributed by atoms with E-state index in [1.54, 1.807) is 72.8 Å². The molecule has 4 rings (SSSR count). The highest BCUT2D eigenvalue weighted by Gasteiger charge is 2.36. The number of thiocarbonyl (C=S) groups is 1. The van der Waals surface area contributed by atoms with Crippen LogP contribution in [0.15, 0.2) is 72.8 Å². The van der Waals surface area contributed by atoms with Gasteiger partial charge in [0.25, 0.3) is 17.7 Å². The summed E-state index contributed by atoms with van der Waals surface area (Å²) >= 11 is 11.2. The van der Waals surface area contributed by atoms with Gasteiger partial charge in [0.2, 0.25) is 0 Å². The molecule has 0 saturated heterocycles. The molecule has 1 aliphatic heterocycles. The standard InChI is InChI=1S/C22H14ClN3O3S/c23-18-11-4-3-10-17(18)19(27)25-22(30)24-13-6-5-7-14(12-13)26-20(28)15-8-1-2-9-16(15)21(26)29/h1-12H,(H2,24,25,27,30). The van der Waals surface area contributed by atoms with E-state index in [0.29, 0.717) is 33.1 Å². The molecule has 6 nitrogen and oxygen atoms in total. The van der Waals surface area contributed by atoms with E-state index >= 15 is 0 Å². The lowest BCUT2D eigenvalue weighted by atomic mass is 10.1. The van der Waals surface area contributed by atoms with E-state index in [9.17, 15) is 14.4 Å². The van der Waals surface area contributed by atoms with Crippen LogP contribution in [-0.2, 0) is 0 Å². The largest absolute Gasteiger partial charge is 0.332 e. The van der Waals surface area contributed by atoms with Gasteiger partial charge < -0.3 is 5.32 Å². The van der Waals surface area contributed by atoms with Gasteiger partial charge in [-0.2, -0.15) is 0 Å². The van der Waals surface area contributed by atoms with Crippen LogP contribution in [0.5, 0.6) is 0 Å². The number of halogens is 1. The number of fused-ring (bicyclic) bond motifs is 1. The molecule has 0 saturated carbocycles. The number of anilines is 2. The van der Waals surface area contributed by atoms with E-state index in [1.807, 2.05) is 0 Å². The van der Waals surface area contributed by atoms with Crippen LogP contribution in [0.4, 0.5) is 11.4 Å². The lowest BCUT2D eigenvalue weighted by Gasteiger charge is -2.16. The summed E-state index contributed by atoms with van der Waals surface area (Å²) in [5, 5.41) is 5.81. The SMILES string of the molecule is O=C(NC(=S)Nc1cccc(N2C(=O)c3ccccc3C2=O)c1)c1ccccc1Cl. The number of carbonyl (C=O) groups excluding carboxylic acids is 3. The van der Waals surface area contributed by atoms with E-state index in [0.717, 1.165) is 4.90 Å². The van der Waals surface area contributed by atoms with Crippen LogP contribution in [0.3, 0.4) is 0 Å². The molecule has 0 aromatic heterocycles. The Balaban J connectivity index is 1.50. The van der Waals surface area contributed by atoms with Gasteiger partial charge in [0.1, 0.15) is 0 Å². The molecule has 1 aliphatic rings. The first-order valence-electron chi connectivity index (χ1n) is 8.90. The third kappa shape index (κ3) is 3.68. The second-order valence-electron chi connectivity index (χ2n) is 6.43. The number of rotatable bonds is 3. The van der Waals surface area contributed by atoms with Crippen molar-refractivity contribution in [2.75, 3.05) is 10.2 Å². The van der Waals surface area contributed by atoms with Crippen molar-refractivity contribution in [1.29, 1.82) is 0 Å². The topological polar surface area (TPSA) is 78.5 Å². The molecule has 0 unspecified atom stereocenters. The van der Waals surface area contributed by atoms with Crippen LogP contribution < -0.4 is 15.5 Å². The number of amides is 3. The molecular formula is C22H14ClN3O3S. The zero-order valence-electron chi connectivity index (χ0n) is 15.4. The Hall–Kier alpha value is -3.55. The summed E-state index contributed by atoms with van der Waals surface area (Å²) in [4.78, 5) is 38.8. The monoisotopic (exact) mass is 435 g/mol. The lowest BCUT2D eigenvalue weighted by molar-refractivity contribution is 0.0924. The summed E-state index contributed by atoms with van der Waals surface area (Å²) in [6.07, 6.45) is 0. The Labute approximate surface area is 182 Å². The van der Waals surface area contributed by atoms with Crippen LogP contribution in [0, 0.1) is 0 Å². The van der Waals surface area contributed by atoms with Gasteiger partial charge in [-0.1, -0.05) is 41.9 Å². The Bertz CT molecular complexity index is 1180. The minimum Gasteiger partial charge on any atom is -0.332 e. The van der Waals surface area contributed by atoms with Crippen molar-refractivity contribution in [3.05, 3.63) is 94.5 Å². The Kier molecular flexibility index (Phi) is 5.31. The number of hydrogen-bond acceptors (Lipinski definition) is 4. The Morgan fingerprint density at radius 3 is 2.17 bits per heavy atom. The molecule has 3 aromatic carbocycles. The highest BCUT2D eigenvalue weighted by molar-refractivity contribution is 7.80. The van der Waals surface area contributed by atoms with E-state index in [4.69, 9.17) is 23.8 Å². The third-order valence-corrected chi connectivity index (χ3v) is 5.04. The summed E-state index contributed by atoms with van der Waals surface area (Å²) in [6, 6.07) is 19.9. The molecule has 30 heavy (non-hydrogen) atoms. The third-order valence-electron chi connectivity index (χ3n) is 4.50. The Morgan fingerprint density at radius 2 is 1.50 bits per heavy atom. The summed E-state index contributed by atoms with van der Waals surface area (Å²) in [5.74, 6) is -1.22. The number of carbonyl (C=O) groups is 3. The second kappa shape index (κ2) is 8.06. The van der Waals surface area contributed by atoms with Gasteiger partial charge in [-0.3, -0.25) is 19.7 Å². The predicted molar refractivity (Wildman–Crippen MR) is 119 cm³/mol. The van der Waals surface area contributed by atoms with E-state index < -0.39 is 5.91 Å². The molecular weight excluding hydrogens is 422 g/mol. The molecule has 3 aromatic rings. The van der Waals surface area contributed by atoms with Crippen LogP contribution in [0.2, 0.25) is 5.02 Å². The summed E-state index contributed by atoms with van der Waals surface area (Å²) in [6.45, 7) is 0. The van der Waals surface area contributed by atoms with E-state index in [-0.39, 0.29) is 16.9 Å². The fraction of sp³-hybridized carbons (Fsp3) is 0. The van der Waals surface area contributed by atoms with Gasteiger partial charge in [0, 0.05) is 5.69 Å². The summed E-state index contributed by atoms with van der Waals surface area (Å²) in [5.41, 5.74) is 1.93. The first-order chi connectivity index (χ1) is 14.5. The van der Waals surface area contributed by atoms with Crippen molar-refractivity contribution in [3.8, 4) is 0 Å². The smallest absolute Gasteiger partial charge is 0.266 e. The normalized spacial score (nSPS) is 12.5. The highest BCUT2D eigenvalue weighted by atomic mass is 35.5. The average molecular weight is 436 g/mol. The van der Waals surface area contributed by atoms with Crippen molar-refractivity contribution in [3.63, 3.8) is 0 Å². The number of nitrogens with zero attached hydrogens (tertiary/aromatic N) is 1. The molecule has 148 valence electrons. The zero-order chi connectivity index (χ0) is 21.3. The van der Waals surface area contributed by atoms with Crippen LogP contribution in [0.25, 0.3) is 0 Å². The first-order valence-corrected chi connectivity index (χ1v) is 9.69. The average Bonchev–Trinajstić information content (AvgIpc) is 2.99. The molecule has 8 heteroatoms. The molecule has 0 fully saturated rings. The number of imide groups is 1. The maximum Gasteiger partial charge on any atom is 0.266 e. The predicted octanol–water partition coefficient (Wildman–Crippen LogP) is 4.27. The van der Waals surface area contributed by atoms with Gasteiger partial charge in [-0.05, 0) is 54.7 Å². The number of hydrogen-bond donors (Lipinski definition) is 2. The van der Waals surface area contributed by atoms with Crippen molar-refractivity contribution in [1.82, 2.24) is 5.32 Å². The molecule has 0 aliphatic carbocycles. The van der Waals surface area contributed by atoms with Crippen molar-refractivity contribution < 1.29 is 14.4 Å².